The van der Waals surface area contributed by atoms with Crippen LogP contribution in [0.25, 0.3) is 67.3 Å². The van der Waals surface area contributed by atoms with E-state index in [4.69, 9.17) is 9.97 Å². The van der Waals surface area contributed by atoms with Gasteiger partial charge in [-0.2, -0.15) is 5.26 Å². The lowest BCUT2D eigenvalue weighted by atomic mass is 9.67. The Morgan fingerprint density at radius 3 is 1.39 bits per heavy atom. The fourth-order valence-electron chi connectivity index (χ4n) is 8.52. The van der Waals surface area contributed by atoms with Crippen molar-refractivity contribution in [2.24, 2.45) is 0 Å². The molecule has 0 amide bonds. The number of hydrogen-bond acceptors (Lipinski definition) is 3. The third kappa shape index (κ3) is 5.92. The van der Waals surface area contributed by atoms with E-state index in [9.17, 15) is 5.26 Å². The molecule has 0 fully saturated rings. The Labute approximate surface area is 332 Å². The molecule has 0 atom stereocenters. The van der Waals surface area contributed by atoms with E-state index in [1.165, 1.54) is 38.9 Å². The Morgan fingerprint density at radius 2 is 0.789 bits per heavy atom. The van der Waals surface area contributed by atoms with Gasteiger partial charge in [0, 0.05) is 16.7 Å². The third-order valence-corrected chi connectivity index (χ3v) is 11.2. The number of fused-ring (bicyclic) bond motifs is 3. The number of nitriles is 1. The molecule has 0 bridgehead atoms. The van der Waals surface area contributed by atoms with Gasteiger partial charge in [0.25, 0.3) is 0 Å². The van der Waals surface area contributed by atoms with Gasteiger partial charge in [-0.15, -0.1) is 0 Å². The summed E-state index contributed by atoms with van der Waals surface area (Å²) in [5.41, 5.74) is 16.3. The number of rotatable bonds is 7. The van der Waals surface area contributed by atoms with Gasteiger partial charge < -0.3 is 0 Å². The van der Waals surface area contributed by atoms with Crippen molar-refractivity contribution in [2.75, 3.05) is 0 Å². The summed E-state index contributed by atoms with van der Waals surface area (Å²) in [7, 11) is 0. The highest BCUT2D eigenvalue weighted by atomic mass is 14.9. The molecule has 3 heteroatoms. The zero-order chi connectivity index (χ0) is 38.2. The molecule has 0 spiro atoms. The molecule has 3 nitrogen and oxygen atoms in total. The van der Waals surface area contributed by atoms with Crippen LogP contribution in [-0.2, 0) is 5.41 Å². The maximum Gasteiger partial charge on any atom is 0.160 e. The van der Waals surface area contributed by atoms with Gasteiger partial charge in [0.15, 0.2) is 5.82 Å². The largest absolute Gasteiger partial charge is 0.228 e. The van der Waals surface area contributed by atoms with Crippen molar-refractivity contribution in [1.29, 1.82) is 5.26 Å². The second kappa shape index (κ2) is 14.2. The van der Waals surface area contributed by atoms with Crippen molar-refractivity contribution in [3.05, 3.63) is 240 Å². The minimum atomic E-state index is -0.628. The summed E-state index contributed by atoms with van der Waals surface area (Å²) in [4.78, 5) is 10.4. The predicted molar refractivity (Wildman–Crippen MR) is 231 cm³/mol. The molecule has 10 rings (SSSR count). The van der Waals surface area contributed by atoms with Crippen LogP contribution in [0.4, 0.5) is 0 Å². The standard InChI is InChI=1S/C54H35N3/c55-36-37-14-13-19-42(32-37)43-28-30-47-48-31-29-44(34-50(48)54(49(47)33-43,45-20-9-3-10-21-45)46-22-11-4-12-23-46)52-35-51(56-53(57-52)41-17-7-2-8-18-41)40-26-24-39(25-27-40)38-15-5-1-6-16-38/h1-35H. The van der Waals surface area contributed by atoms with Gasteiger partial charge >= 0.3 is 0 Å². The Hall–Kier alpha value is -7.67. The summed E-state index contributed by atoms with van der Waals surface area (Å²) in [5.74, 6) is 0.681. The average Bonchev–Trinajstić information content (AvgIpc) is 3.60. The molecule has 1 aromatic heterocycles. The van der Waals surface area contributed by atoms with E-state index >= 15 is 0 Å². The summed E-state index contributed by atoms with van der Waals surface area (Å²) in [6.07, 6.45) is 0. The first-order valence-electron chi connectivity index (χ1n) is 19.2. The molecular formula is C54H35N3. The summed E-state index contributed by atoms with van der Waals surface area (Å²) in [6.45, 7) is 0. The van der Waals surface area contributed by atoms with Crippen LogP contribution in [0.2, 0.25) is 0 Å². The van der Waals surface area contributed by atoms with Crippen molar-refractivity contribution < 1.29 is 0 Å². The van der Waals surface area contributed by atoms with E-state index in [1.807, 2.05) is 42.5 Å². The van der Waals surface area contributed by atoms with Crippen molar-refractivity contribution in [1.82, 2.24) is 9.97 Å². The second-order valence-electron chi connectivity index (χ2n) is 14.5. The number of aromatic nitrogens is 2. The lowest BCUT2D eigenvalue weighted by Gasteiger charge is -2.34. The Kier molecular flexibility index (Phi) is 8.43. The number of hydrogen-bond donors (Lipinski definition) is 0. The number of nitrogens with zero attached hydrogens (tertiary/aromatic N) is 3. The molecule has 1 aliphatic rings. The first kappa shape index (κ1) is 33.9. The highest BCUT2D eigenvalue weighted by Crippen LogP contribution is 2.57. The quantitative estimate of drug-likeness (QED) is 0.164. The van der Waals surface area contributed by atoms with E-state index in [-0.39, 0.29) is 0 Å². The lowest BCUT2D eigenvalue weighted by molar-refractivity contribution is 0.769. The molecule has 0 saturated heterocycles. The molecule has 57 heavy (non-hydrogen) atoms. The Morgan fingerprint density at radius 1 is 0.351 bits per heavy atom. The summed E-state index contributed by atoms with van der Waals surface area (Å²) in [5, 5.41) is 9.74. The molecule has 0 saturated carbocycles. The predicted octanol–water partition coefficient (Wildman–Crippen LogP) is 13.0. The Bertz CT molecular complexity index is 2890. The van der Waals surface area contributed by atoms with Crippen molar-refractivity contribution >= 4 is 0 Å². The van der Waals surface area contributed by atoms with Crippen molar-refractivity contribution in [3.8, 4) is 73.4 Å². The van der Waals surface area contributed by atoms with Crippen LogP contribution in [0.5, 0.6) is 0 Å². The molecule has 0 unspecified atom stereocenters. The molecule has 0 N–H and O–H groups in total. The first-order valence-corrected chi connectivity index (χ1v) is 19.2. The maximum absolute atomic E-state index is 9.74. The zero-order valence-electron chi connectivity index (χ0n) is 31.0. The molecule has 1 aliphatic carbocycles. The van der Waals surface area contributed by atoms with Crippen LogP contribution in [0, 0.1) is 11.3 Å². The molecule has 0 aliphatic heterocycles. The normalized spacial score (nSPS) is 12.3. The zero-order valence-corrected chi connectivity index (χ0v) is 31.0. The van der Waals surface area contributed by atoms with Crippen molar-refractivity contribution in [2.45, 2.75) is 5.41 Å². The van der Waals surface area contributed by atoms with Gasteiger partial charge in [0.2, 0.25) is 0 Å². The van der Waals surface area contributed by atoms with Gasteiger partial charge in [-0.05, 0) is 86.0 Å². The fourth-order valence-corrected chi connectivity index (χ4v) is 8.52. The molecule has 8 aromatic carbocycles. The van der Waals surface area contributed by atoms with Crippen LogP contribution < -0.4 is 0 Å². The smallest absolute Gasteiger partial charge is 0.160 e. The van der Waals surface area contributed by atoms with Crippen LogP contribution in [-0.4, -0.2) is 9.97 Å². The van der Waals surface area contributed by atoms with Crippen LogP contribution >= 0.6 is 0 Å². The minimum Gasteiger partial charge on any atom is -0.228 e. The van der Waals surface area contributed by atoms with Gasteiger partial charge in [0.05, 0.1) is 28.4 Å². The monoisotopic (exact) mass is 725 g/mol. The first-order chi connectivity index (χ1) is 28.2. The van der Waals surface area contributed by atoms with Gasteiger partial charge in [0.1, 0.15) is 0 Å². The Balaban J connectivity index is 1.19. The van der Waals surface area contributed by atoms with E-state index in [0.29, 0.717) is 11.4 Å². The fraction of sp³-hybridized carbons (Fsp3) is 0.0185. The highest BCUT2D eigenvalue weighted by Gasteiger charge is 2.46. The second-order valence-corrected chi connectivity index (χ2v) is 14.5. The SMILES string of the molecule is N#Cc1cccc(-c2ccc3c(c2)C(c2ccccc2)(c2ccccc2)c2cc(-c4cc(-c5ccc(-c6ccccc6)cc5)nc(-c5ccccc5)n4)ccc2-3)c1. The molecule has 0 radical (unpaired) electrons. The topological polar surface area (TPSA) is 49.6 Å². The number of benzene rings is 8. The van der Waals surface area contributed by atoms with E-state index < -0.39 is 5.41 Å². The summed E-state index contributed by atoms with van der Waals surface area (Å²) >= 11 is 0. The molecular weight excluding hydrogens is 691 g/mol. The van der Waals surface area contributed by atoms with E-state index in [2.05, 4.69) is 176 Å². The van der Waals surface area contributed by atoms with Gasteiger partial charge in [-0.25, -0.2) is 9.97 Å². The van der Waals surface area contributed by atoms with Gasteiger partial charge in [-0.1, -0.05) is 182 Å². The van der Waals surface area contributed by atoms with Crippen LogP contribution in [0.3, 0.4) is 0 Å². The highest BCUT2D eigenvalue weighted by molar-refractivity contribution is 5.90. The van der Waals surface area contributed by atoms with Crippen molar-refractivity contribution in [3.63, 3.8) is 0 Å². The van der Waals surface area contributed by atoms with E-state index in [1.54, 1.807) is 0 Å². The lowest BCUT2D eigenvalue weighted by Crippen LogP contribution is -2.28. The maximum atomic E-state index is 9.74. The van der Waals surface area contributed by atoms with E-state index in [0.717, 1.165) is 44.8 Å². The average molecular weight is 726 g/mol. The summed E-state index contributed by atoms with van der Waals surface area (Å²) < 4.78 is 0. The molecule has 266 valence electrons. The molecule has 1 heterocycles. The van der Waals surface area contributed by atoms with Crippen LogP contribution in [0.15, 0.2) is 212 Å². The third-order valence-electron chi connectivity index (χ3n) is 11.2. The molecule has 9 aromatic rings. The van der Waals surface area contributed by atoms with Gasteiger partial charge in [-0.3, -0.25) is 0 Å². The summed E-state index contributed by atoms with van der Waals surface area (Å²) in [6, 6.07) is 76.9. The van der Waals surface area contributed by atoms with Crippen LogP contribution in [0.1, 0.15) is 27.8 Å². The minimum absolute atomic E-state index is 0.628.